The lowest BCUT2D eigenvalue weighted by atomic mass is 9.76. The fraction of sp³-hybridized carbons (Fsp3) is 1.00. The van der Waals surface area contributed by atoms with E-state index in [9.17, 15) is 0 Å². The third kappa shape index (κ3) is 3.96. The highest BCUT2D eigenvalue weighted by molar-refractivity contribution is 4.93. The molecule has 4 unspecified atom stereocenters. The van der Waals surface area contributed by atoms with E-state index in [1.54, 1.807) is 0 Å². The molecule has 4 atom stereocenters. The molecule has 0 aliphatic heterocycles. The Morgan fingerprint density at radius 1 is 1.25 bits per heavy atom. The van der Waals surface area contributed by atoms with E-state index in [0.29, 0.717) is 18.0 Å². The molecule has 0 spiro atoms. The normalized spacial score (nSPS) is 32.5. The van der Waals surface area contributed by atoms with Gasteiger partial charge in [0, 0.05) is 25.7 Å². The first-order valence-electron chi connectivity index (χ1n) is 8.65. The van der Waals surface area contributed by atoms with Crippen molar-refractivity contribution in [1.29, 1.82) is 0 Å². The van der Waals surface area contributed by atoms with Gasteiger partial charge < -0.3 is 10.5 Å². The lowest BCUT2D eigenvalue weighted by Gasteiger charge is -2.45. The second-order valence-corrected chi connectivity index (χ2v) is 6.96. The largest absolute Gasteiger partial charge is 0.383 e. The molecule has 2 aliphatic carbocycles. The minimum atomic E-state index is 0.685. The van der Waals surface area contributed by atoms with Gasteiger partial charge in [-0.3, -0.25) is 4.90 Å². The maximum atomic E-state index is 6.08. The molecule has 0 radical (unpaired) electrons. The number of nitrogens with two attached hydrogens (primary N) is 1. The highest BCUT2D eigenvalue weighted by atomic mass is 16.5. The number of ether oxygens (including phenoxy) is 1. The van der Waals surface area contributed by atoms with E-state index >= 15 is 0 Å². The van der Waals surface area contributed by atoms with Crippen LogP contribution in [0.2, 0.25) is 0 Å². The average molecular weight is 282 g/mol. The fourth-order valence-electron chi connectivity index (χ4n) is 4.06. The van der Waals surface area contributed by atoms with Gasteiger partial charge in [0.05, 0.1) is 6.61 Å². The SMILES string of the molecule is CCC1CCC(CN)C(N(CCOC)C(C)C2CC2)C1. The van der Waals surface area contributed by atoms with Crippen molar-refractivity contribution in [3.05, 3.63) is 0 Å². The van der Waals surface area contributed by atoms with Gasteiger partial charge in [-0.15, -0.1) is 0 Å². The third-order valence-electron chi connectivity index (χ3n) is 5.75. The minimum Gasteiger partial charge on any atom is -0.383 e. The Kier molecular flexibility index (Phi) is 6.31. The Hall–Kier alpha value is -0.120. The zero-order valence-electron chi connectivity index (χ0n) is 13.7. The summed E-state index contributed by atoms with van der Waals surface area (Å²) in [5, 5.41) is 0. The molecule has 0 amide bonds. The van der Waals surface area contributed by atoms with Crippen LogP contribution in [0.3, 0.4) is 0 Å². The van der Waals surface area contributed by atoms with Gasteiger partial charge in [0.25, 0.3) is 0 Å². The van der Waals surface area contributed by atoms with Crippen LogP contribution >= 0.6 is 0 Å². The average Bonchev–Trinajstić information content (AvgIpc) is 3.31. The summed E-state index contributed by atoms with van der Waals surface area (Å²) in [7, 11) is 1.82. The summed E-state index contributed by atoms with van der Waals surface area (Å²) in [5.41, 5.74) is 6.08. The number of nitrogens with zero attached hydrogens (tertiary/aromatic N) is 1. The van der Waals surface area contributed by atoms with E-state index in [-0.39, 0.29) is 0 Å². The zero-order chi connectivity index (χ0) is 14.5. The Labute approximate surface area is 125 Å². The number of methoxy groups -OCH3 is 1. The van der Waals surface area contributed by atoms with Crippen LogP contribution in [0.15, 0.2) is 0 Å². The molecule has 0 aromatic heterocycles. The van der Waals surface area contributed by atoms with Crippen LogP contribution in [0.5, 0.6) is 0 Å². The van der Waals surface area contributed by atoms with Crippen molar-refractivity contribution in [2.24, 2.45) is 23.5 Å². The molecule has 2 fully saturated rings. The summed E-state index contributed by atoms with van der Waals surface area (Å²) >= 11 is 0. The third-order valence-corrected chi connectivity index (χ3v) is 5.75. The zero-order valence-corrected chi connectivity index (χ0v) is 13.7. The highest BCUT2D eigenvalue weighted by Gasteiger charge is 2.39. The quantitative estimate of drug-likeness (QED) is 0.744. The summed E-state index contributed by atoms with van der Waals surface area (Å²) in [6.07, 6.45) is 8.21. The van der Waals surface area contributed by atoms with E-state index in [4.69, 9.17) is 10.5 Å². The fourth-order valence-corrected chi connectivity index (χ4v) is 4.06. The van der Waals surface area contributed by atoms with Gasteiger partial charge in [-0.1, -0.05) is 19.8 Å². The molecular weight excluding hydrogens is 248 g/mol. The number of hydrogen-bond donors (Lipinski definition) is 1. The Balaban J connectivity index is 2.05. The number of rotatable bonds is 8. The Morgan fingerprint density at radius 2 is 2.00 bits per heavy atom. The Morgan fingerprint density at radius 3 is 2.55 bits per heavy atom. The standard InChI is InChI=1S/C17H34N2O/c1-4-14-5-6-16(12-18)17(11-14)19(9-10-20-3)13(2)15-7-8-15/h13-17H,4-12,18H2,1-3H3. The predicted molar refractivity (Wildman–Crippen MR) is 84.7 cm³/mol. The second kappa shape index (κ2) is 7.77. The van der Waals surface area contributed by atoms with Gasteiger partial charge in [0.15, 0.2) is 0 Å². The summed E-state index contributed by atoms with van der Waals surface area (Å²) in [5.74, 6) is 2.52. The molecule has 0 saturated heterocycles. The van der Waals surface area contributed by atoms with Crippen LogP contribution in [0.4, 0.5) is 0 Å². The second-order valence-electron chi connectivity index (χ2n) is 6.96. The first-order chi connectivity index (χ1) is 9.71. The lowest BCUT2D eigenvalue weighted by Crippen LogP contribution is -2.52. The molecule has 3 nitrogen and oxygen atoms in total. The van der Waals surface area contributed by atoms with Crippen LogP contribution in [0, 0.1) is 17.8 Å². The molecule has 2 N–H and O–H groups in total. The van der Waals surface area contributed by atoms with Crippen molar-refractivity contribution in [2.75, 3.05) is 26.8 Å². The van der Waals surface area contributed by atoms with Crippen molar-refractivity contribution >= 4 is 0 Å². The molecule has 0 aromatic carbocycles. The number of hydrogen-bond acceptors (Lipinski definition) is 3. The van der Waals surface area contributed by atoms with Crippen molar-refractivity contribution < 1.29 is 4.74 Å². The van der Waals surface area contributed by atoms with Crippen LogP contribution < -0.4 is 5.73 Å². The monoisotopic (exact) mass is 282 g/mol. The van der Waals surface area contributed by atoms with Crippen LogP contribution in [-0.4, -0.2) is 43.8 Å². The predicted octanol–water partition coefficient (Wildman–Crippen LogP) is 2.89. The van der Waals surface area contributed by atoms with Gasteiger partial charge in [0.1, 0.15) is 0 Å². The molecule has 2 saturated carbocycles. The molecule has 0 bridgehead atoms. The molecule has 0 aromatic rings. The van der Waals surface area contributed by atoms with Gasteiger partial charge in [-0.25, -0.2) is 0 Å². The maximum Gasteiger partial charge on any atom is 0.0589 e. The molecule has 2 aliphatic rings. The van der Waals surface area contributed by atoms with Gasteiger partial charge in [-0.05, 0) is 56.9 Å². The van der Waals surface area contributed by atoms with Gasteiger partial charge >= 0.3 is 0 Å². The van der Waals surface area contributed by atoms with Crippen LogP contribution in [0.1, 0.15) is 52.4 Å². The maximum absolute atomic E-state index is 6.08. The molecule has 3 heteroatoms. The van der Waals surface area contributed by atoms with Crippen molar-refractivity contribution in [2.45, 2.75) is 64.5 Å². The summed E-state index contributed by atoms with van der Waals surface area (Å²) in [6.45, 7) is 7.54. The van der Waals surface area contributed by atoms with E-state index < -0.39 is 0 Å². The summed E-state index contributed by atoms with van der Waals surface area (Å²) in [4.78, 5) is 2.75. The van der Waals surface area contributed by atoms with Gasteiger partial charge in [0.2, 0.25) is 0 Å². The molecular formula is C17H34N2O. The summed E-state index contributed by atoms with van der Waals surface area (Å²) < 4.78 is 5.36. The van der Waals surface area contributed by atoms with Crippen molar-refractivity contribution in [3.63, 3.8) is 0 Å². The minimum absolute atomic E-state index is 0.685. The topological polar surface area (TPSA) is 38.5 Å². The van der Waals surface area contributed by atoms with Crippen LogP contribution in [0.25, 0.3) is 0 Å². The molecule has 2 rings (SSSR count). The molecule has 20 heavy (non-hydrogen) atoms. The Bertz CT molecular complexity index is 278. The first kappa shape index (κ1) is 16.3. The van der Waals surface area contributed by atoms with Crippen molar-refractivity contribution in [1.82, 2.24) is 4.90 Å². The van der Waals surface area contributed by atoms with E-state index in [1.165, 1.54) is 38.5 Å². The van der Waals surface area contributed by atoms with Gasteiger partial charge in [-0.2, -0.15) is 0 Å². The molecule has 0 heterocycles. The van der Waals surface area contributed by atoms with Crippen LogP contribution in [-0.2, 0) is 4.74 Å². The lowest BCUT2D eigenvalue weighted by molar-refractivity contribution is 0.0238. The van der Waals surface area contributed by atoms with E-state index in [0.717, 1.165) is 31.5 Å². The first-order valence-corrected chi connectivity index (χ1v) is 8.65. The smallest absolute Gasteiger partial charge is 0.0589 e. The molecule has 118 valence electrons. The summed E-state index contributed by atoms with van der Waals surface area (Å²) in [6, 6.07) is 1.39. The highest BCUT2D eigenvalue weighted by Crippen LogP contribution is 2.40. The van der Waals surface area contributed by atoms with E-state index in [2.05, 4.69) is 18.7 Å². The van der Waals surface area contributed by atoms with Crippen molar-refractivity contribution in [3.8, 4) is 0 Å². The van der Waals surface area contributed by atoms with E-state index in [1.807, 2.05) is 7.11 Å².